The highest BCUT2D eigenvalue weighted by Crippen LogP contribution is 2.32. The summed E-state index contributed by atoms with van der Waals surface area (Å²) in [5.41, 5.74) is 1.96. The van der Waals surface area contributed by atoms with Crippen LogP contribution in [0.2, 0.25) is 0 Å². The number of nitrogens with zero attached hydrogens (tertiary/aromatic N) is 1. The molecule has 1 aliphatic carbocycles. The molecule has 0 N–H and O–H groups in total. The molecule has 1 aromatic carbocycles. The van der Waals surface area contributed by atoms with E-state index in [9.17, 15) is 9.59 Å². The van der Waals surface area contributed by atoms with Gasteiger partial charge in [-0.25, -0.2) is 4.79 Å². The van der Waals surface area contributed by atoms with E-state index in [1.54, 1.807) is 4.90 Å². The summed E-state index contributed by atoms with van der Waals surface area (Å²) in [7, 11) is 0. The molecule has 1 unspecified atom stereocenters. The Kier molecular flexibility index (Phi) is 6.23. The van der Waals surface area contributed by atoms with Crippen molar-refractivity contribution >= 4 is 23.2 Å². The molecule has 0 bridgehead atoms. The van der Waals surface area contributed by atoms with E-state index in [1.807, 2.05) is 57.2 Å². The molecule has 1 aliphatic rings. The van der Waals surface area contributed by atoms with Crippen LogP contribution in [0.4, 0.5) is 0 Å². The number of aryl methyl sites for hydroxylation is 1. The van der Waals surface area contributed by atoms with Crippen molar-refractivity contribution in [3.63, 3.8) is 0 Å². The molecule has 1 atom stereocenters. The number of esters is 1. The van der Waals surface area contributed by atoms with Gasteiger partial charge in [-0.05, 0) is 63.1 Å². The zero-order valence-corrected chi connectivity index (χ0v) is 18.0. The average molecular weight is 400 g/mol. The van der Waals surface area contributed by atoms with Crippen LogP contribution in [0, 0.1) is 5.92 Å². The smallest absolute Gasteiger partial charge is 0.348 e. The molecule has 1 aromatic heterocycles. The van der Waals surface area contributed by atoms with Gasteiger partial charge < -0.3 is 9.64 Å². The molecule has 1 heterocycles. The number of benzene rings is 1. The third-order valence-corrected chi connectivity index (χ3v) is 6.37. The Morgan fingerprint density at radius 2 is 1.93 bits per heavy atom. The molecule has 0 saturated carbocycles. The van der Waals surface area contributed by atoms with Gasteiger partial charge in [0, 0.05) is 17.0 Å². The van der Waals surface area contributed by atoms with Gasteiger partial charge in [-0.3, -0.25) is 4.79 Å². The zero-order valence-electron chi connectivity index (χ0n) is 17.2. The van der Waals surface area contributed by atoms with E-state index in [1.165, 1.54) is 28.2 Å². The fourth-order valence-electron chi connectivity index (χ4n) is 3.55. The third kappa shape index (κ3) is 5.02. The molecule has 1 amide bonds. The van der Waals surface area contributed by atoms with Crippen molar-refractivity contribution in [1.29, 1.82) is 0 Å². The summed E-state index contributed by atoms with van der Waals surface area (Å²) < 4.78 is 5.39. The minimum Gasteiger partial charge on any atom is -0.451 e. The van der Waals surface area contributed by atoms with E-state index in [0.29, 0.717) is 17.3 Å². The zero-order chi connectivity index (χ0) is 20.3. The maximum atomic E-state index is 12.8. The van der Waals surface area contributed by atoms with Gasteiger partial charge in [0.05, 0.1) is 0 Å². The van der Waals surface area contributed by atoms with Gasteiger partial charge in [0.15, 0.2) is 6.61 Å². The number of carbonyl (C=O) groups excluding carboxylic acids is 2. The SMILES string of the molecule is CC1CCc2sc(C(=O)OCC(=O)N(Cc3ccccc3)C(C)(C)C)cc2C1. The summed E-state index contributed by atoms with van der Waals surface area (Å²) in [6, 6.07) is 11.8. The lowest BCUT2D eigenvalue weighted by molar-refractivity contribution is -0.140. The Bertz CT molecular complexity index is 835. The molecule has 0 radical (unpaired) electrons. The minimum atomic E-state index is -0.394. The number of fused-ring (bicyclic) bond motifs is 1. The van der Waals surface area contributed by atoms with E-state index < -0.39 is 5.97 Å². The molecule has 0 aliphatic heterocycles. The summed E-state index contributed by atoms with van der Waals surface area (Å²) in [6.07, 6.45) is 3.22. The fraction of sp³-hybridized carbons (Fsp3) is 0.478. The van der Waals surface area contributed by atoms with Crippen molar-refractivity contribution in [2.24, 2.45) is 5.92 Å². The number of hydrogen-bond acceptors (Lipinski definition) is 4. The highest BCUT2D eigenvalue weighted by molar-refractivity contribution is 7.14. The lowest BCUT2D eigenvalue weighted by Gasteiger charge is -2.35. The predicted octanol–water partition coefficient (Wildman–Crippen LogP) is 4.86. The standard InChI is InChI=1S/C23H29NO3S/c1-16-10-11-19-18(12-16)13-20(28-19)22(26)27-15-21(25)24(23(2,3)4)14-17-8-6-5-7-9-17/h5-9,13,16H,10-12,14-15H2,1-4H3. The van der Waals surface area contributed by atoms with Crippen LogP contribution in [-0.4, -0.2) is 28.9 Å². The largest absolute Gasteiger partial charge is 0.451 e. The summed E-state index contributed by atoms with van der Waals surface area (Å²) >= 11 is 1.51. The molecule has 0 spiro atoms. The van der Waals surface area contributed by atoms with Gasteiger partial charge in [-0.2, -0.15) is 0 Å². The molecule has 150 valence electrons. The van der Waals surface area contributed by atoms with Gasteiger partial charge in [-0.15, -0.1) is 11.3 Å². The van der Waals surface area contributed by atoms with E-state index in [0.717, 1.165) is 18.4 Å². The van der Waals surface area contributed by atoms with Gasteiger partial charge >= 0.3 is 5.97 Å². The number of rotatable bonds is 5. The Morgan fingerprint density at radius 3 is 2.61 bits per heavy atom. The molecular formula is C23H29NO3S. The van der Waals surface area contributed by atoms with Crippen LogP contribution in [0.1, 0.15) is 59.8 Å². The normalized spacial score (nSPS) is 16.4. The number of hydrogen-bond donors (Lipinski definition) is 0. The van der Waals surface area contributed by atoms with E-state index in [4.69, 9.17) is 4.74 Å². The maximum absolute atomic E-state index is 12.8. The Morgan fingerprint density at radius 1 is 1.21 bits per heavy atom. The van der Waals surface area contributed by atoms with Crippen LogP contribution in [0.3, 0.4) is 0 Å². The van der Waals surface area contributed by atoms with Crippen LogP contribution in [0.5, 0.6) is 0 Å². The first-order valence-electron chi connectivity index (χ1n) is 9.87. The third-order valence-electron chi connectivity index (χ3n) is 5.15. The minimum absolute atomic E-state index is 0.181. The molecule has 2 aromatic rings. The number of carbonyl (C=O) groups is 2. The number of thiophene rings is 1. The second-order valence-electron chi connectivity index (χ2n) is 8.62. The summed E-state index contributed by atoms with van der Waals surface area (Å²) in [5.74, 6) is 0.0829. The Balaban J connectivity index is 1.63. The summed E-state index contributed by atoms with van der Waals surface area (Å²) in [6.45, 7) is 8.47. The molecule has 5 heteroatoms. The predicted molar refractivity (Wildman–Crippen MR) is 113 cm³/mol. The highest BCUT2D eigenvalue weighted by Gasteiger charge is 2.28. The van der Waals surface area contributed by atoms with Crippen molar-refractivity contribution in [3.05, 3.63) is 57.3 Å². The van der Waals surface area contributed by atoms with Crippen LogP contribution >= 0.6 is 11.3 Å². The monoisotopic (exact) mass is 399 g/mol. The number of amides is 1. The van der Waals surface area contributed by atoms with Crippen LogP contribution < -0.4 is 0 Å². The summed E-state index contributed by atoms with van der Waals surface area (Å²) in [5, 5.41) is 0. The van der Waals surface area contributed by atoms with Gasteiger partial charge in [0.25, 0.3) is 5.91 Å². The first-order valence-corrected chi connectivity index (χ1v) is 10.7. The lowest BCUT2D eigenvalue weighted by Crippen LogP contribution is -2.46. The van der Waals surface area contributed by atoms with E-state index in [-0.39, 0.29) is 18.1 Å². The van der Waals surface area contributed by atoms with Gasteiger partial charge in [0.2, 0.25) is 0 Å². The topological polar surface area (TPSA) is 46.6 Å². The molecule has 28 heavy (non-hydrogen) atoms. The molecule has 4 nitrogen and oxygen atoms in total. The molecule has 3 rings (SSSR count). The van der Waals surface area contributed by atoms with Crippen molar-refractivity contribution in [1.82, 2.24) is 4.90 Å². The van der Waals surface area contributed by atoms with E-state index in [2.05, 4.69) is 6.92 Å². The molecule has 0 saturated heterocycles. The van der Waals surface area contributed by atoms with Crippen molar-refractivity contribution in [2.45, 2.75) is 59.0 Å². The van der Waals surface area contributed by atoms with Crippen molar-refractivity contribution < 1.29 is 14.3 Å². The summed E-state index contributed by atoms with van der Waals surface area (Å²) in [4.78, 5) is 29.0. The van der Waals surface area contributed by atoms with Crippen LogP contribution in [0.15, 0.2) is 36.4 Å². The van der Waals surface area contributed by atoms with Crippen molar-refractivity contribution in [2.75, 3.05) is 6.61 Å². The second-order valence-corrected chi connectivity index (χ2v) is 9.76. The molecule has 0 fully saturated rings. The fourth-order valence-corrected chi connectivity index (χ4v) is 4.65. The first kappa shape index (κ1) is 20.6. The molecular weight excluding hydrogens is 370 g/mol. The quantitative estimate of drug-likeness (QED) is 0.675. The van der Waals surface area contributed by atoms with E-state index >= 15 is 0 Å². The Hall–Kier alpha value is -2.14. The van der Waals surface area contributed by atoms with Crippen LogP contribution in [-0.2, 0) is 28.9 Å². The highest BCUT2D eigenvalue weighted by atomic mass is 32.1. The second kappa shape index (κ2) is 8.48. The van der Waals surface area contributed by atoms with Gasteiger partial charge in [0.1, 0.15) is 4.88 Å². The average Bonchev–Trinajstić information content (AvgIpc) is 3.07. The van der Waals surface area contributed by atoms with Crippen LogP contribution in [0.25, 0.3) is 0 Å². The lowest BCUT2D eigenvalue weighted by atomic mass is 9.90. The van der Waals surface area contributed by atoms with Gasteiger partial charge in [-0.1, -0.05) is 37.3 Å². The van der Waals surface area contributed by atoms with Crippen molar-refractivity contribution in [3.8, 4) is 0 Å². The Labute approximate surface area is 171 Å². The number of ether oxygens (including phenoxy) is 1. The maximum Gasteiger partial charge on any atom is 0.348 e. The first-order chi connectivity index (χ1) is 13.2.